The van der Waals surface area contributed by atoms with Gasteiger partial charge in [0.1, 0.15) is 0 Å². The van der Waals surface area contributed by atoms with Gasteiger partial charge in [0.2, 0.25) is 0 Å². The van der Waals surface area contributed by atoms with Crippen LogP contribution in [0.2, 0.25) is 0 Å². The Morgan fingerprint density at radius 2 is 2.05 bits per heavy atom. The molecule has 1 saturated heterocycles. The quantitative estimate of drug-likeness (QED) is 0.874. The second kappa shape index (κ2) is 5.79. The summed E-state index contributed by atoms with van der Waals surface area (Å²) in [4.78, 5) is 19.3. The van der Waals surface area contributed by atoms with E-state index in [-0.39, 0.29) is 11.6 Å². The molecule has 0 radical (unpaired) electrons. The summed E-state index contributed by atoms with van der Waals surface area (Å²) in [5.74, 6) is 0. The van der Waals surface area contributed by atoms with Crippen LogP contribution in [0.25, 0.3) is 0 Å². The maximum Gasteiger partial charge on any atom is 0.407 e. The minimum absolute atomic E-state index is 0.0572. The van der Waals surface area contributed by atoms with E-state index in [0.29, 0.717) is 5.69 Å². The summed E-state index contributed by atoms with van der Waals surface area (Å²) >= 11 is 0. The van der Waals surface area contributed by atoms with Crippen molar-refractivity contribution in [3.05, 3.63) is 18.5 Å². The minimum atomic E-state index is -0.843. The Bertz CT molecular complexity index is 505. The fraction of sp³-hybridized carbons (Fsp3) is 0.600. The lowest BCUT2D eigenvalue weighted by molar-refractivity contribution is 0.0616. The Kier molecular flexibility index (Phi) is 4.25. The summed E-state index contributed by atoms with van der Waals surface area (Å²) in [6, 6.07) is 1.97. The van der Waals surface area contributed by atoms with Crippen molar-refractivity contribution in [3.63, 3.8) is 0 Å². The van der Waals surface area contributed by atoms with Crippen molar-refractivity contribution in [3.8, 4) is 0 Å². The molecule has 2 rings (SSSR count). The second-order valence-corrected chi connectivity index (χ2v) is 6.48. The van der Waals surface area contributed by atoms with Crippen LogP contribution in [-0.4, -0.2) is 45.8 Å². The van der Waals surface area contributed by atoms with Crippen molar-refractivity contribution in [2.75, 3.05) is 23.7 Å². The molecule has 116 valence electrons. The molecule has 0 atom stereocenters. The third kappa shape index (κ3) is 3.37. The number of nitrogens with zero attached hydrogens (tertiary/aromatic N) is 3. The maximum atomic E-state index is 11.5. The average Bonchev–Trinajstić information content (AvgIpc) is 2.38. The first-order valence-electron chi connectivity index (χ1n) is 7.27. The molecular weight excluding hydrogens is 268 g/mol. The van der Waals surface area contributed by atoms with Gasteiger partial charge in [-0.05, 0) is 39.7 Å². The van der Waals surface area contributed by atoms with Crippen molar-refractivity contribution in [1.82, 2.24) is 9.88 Å². The summed E-state index contributed by atoms with van der Waals surface area (Å²) in [5, 5.41) is 9.47. The van der Waals surface area contributed by atoms with Crippen LogP contribution in [0.4, 0.5) is 16.2 Å². The normalized spacial score (nSPS) is 16.8. The molecule has 0 aromatic carbocycles. The monoisotopic (exact) mass is 292 g/mol. The number of pyridine rings is 1. The number of amides is 1. The van der Waals surface area contributed by atoms with Crippen molar-refractivity contribution in [1.29, 1.82) is 0 Å². The summed E-state index contributed by atoms with van der Waals surface area (Å²) in [6.07, 6.45) is 4.16. The first-order valence-corrected chi connectivity index (χ1v) is 7.27. The van der Waals surface area contributed by atoms with E-state index in [0.717, 1.165) is 31.6 Å². The Balaban J connectivity index is 2.06. The molecule has 21 heavy (non-hydrogen) atoms. The number of nitrogens with two attached hydrogens (primary N) is 1. The molecule has 2 heterocycles. The van der Waals surface area contributed by atoms with E-state index in [1.54, 1.807) is 17.3 Å². The van der Waals surface area contributed by atoms with Crippen LogP contribution in [-0.2, 0) is 0 Å². The molecule has 1 aromatic heterocycles. The van der Waals surface area contributed by atoms with Crippen LogP contribution in [0, 0.1) is 0 Å². The summed E-state index contributed by atoms with van der Waals surface area (Å²) < 4.78 is 0. The van der Waals surface area contributed by atoms with Gasteiger partial charge >= 0.3 is 6.09 Å². The summed E-state index contributed by atoms with van der Waals surface area (Å²) in [5.41, 5.74) is 7.23. The zero-order chi connectivity index (χ0) is 15.6. The lowest BCUT2D eigenvalue weighted by atomic mass is 9.96. The summed E-state index contributed by atoms with van der Waals surface area (Å²) in [6.45, 7) is 7.43. The molecule has 3 N–H and O–H groups in total. The molecule has 1 aliphatic rings. The molecule has 1 fully saturated rings. The maximum absolute atomic E-state index is 11.5. The Morgan fingerprint density at radius 1 is 1.43 bits per heavy atom. The zero-order valence-corrected chi connectivity index (χ0v) is 12.9. The lowest BCUT2D eigenvalue weighted by Crippen LogP contribution is -2.54. The molecule has 6 nitrogen and oxygen atoms in total. The van der Waals surface area contributed by atoms with Gasteiger partial charge in [-0.15, -0.1) is 0 Å². The van der Waals surface area contributed by atoms with E-state index in [1.807, 2.05) is 26.8 Å². The van der Waals surface area contributed by atoms with Gasteiger partial charge in [-0.3, -0.25) is 4.98 Å². The number of nitrogen functional groups attached to an aromatic ring is 1. The third-order valence-corrected chi connectivity index (χ3v) is 3.93. The van der Waals surface area contributed by atoms with E-state index in [9.17, 15) is 9.90 Å². The Hall–Kier alpha value is -1.98. The predicted molar refractivity (Wildman–Crippen MR) is 83.5 cm³/mol. The molecule has 0 unspecified atom stereocenters. The largest absolute Gasteiger partial charge is 0.465 e. The molecule has 1 aromatic rings. The van der Waals surface area contributed by atoms with Gasteiger partial charge in [0.25, 0.3) is 0 Å². The van der Waals surface area contributed by atoms with Crippen LogP contribution in [0.3, 0.4) is 0 Å². The number of hydrogen-bond donors (Lipinski definition) is 2. The molecule has 6 heteroatoms. The number of rotatable bonds is 2. The highest BCUT2D eigenvalue weighted by Crippen LogP contribution is 2.29. The topological polar surface area (TPSA) is 82.7 Å². The number of anilines is 2. The van der Waals surface area contributed by atoms with Gasteiger partial charge in [0.15, 0.2) is 0 Å². The highest BCUT2D eigenvalue weighted by molar-refractivity contribution is 5.67. The zero-order valence-electron chi connectivity index (χ0n) is 12.9. The highest BCUT2D eigenvalue weighted by Gasteiger charge is 2.35. The number of aromatic nitrogens is 1. The van der Waals surface area contributed by atoms with Gasteiger partial charge < -0.3 is 20.6 Å². The SMILES string of the molecule is CC(C)(C)N(C(=O)O)C1CCN(c2ccncc2N)CC1. The third-order valence-electron chi connectivity index (χ3n) is 3.93. The van der Waals surface area contributed by atoms with Crippen molar-refractivity contribution in [2.45, 2.75) is 45.2 Å². The van der Waals surface area contributed by atoms with E-state index < -0.39 is 6.09 Å². The number of hydrogen-bond acceptors (Lipinski definition) is 4. The van der Waals surface area contributed by atoms with Gasteiger partial charge in [0, 0.05) is 30.9 Å². The van der Waals surface area contributed by atoms with E-state index in [1.165, 1.54) is 0 Å². The Labute approximate surface area is 125 Å². The lowest BCUT2D eigenvalue weighted by Gasteiger charge is -2.44. The van der Waals surface area contributed by atoms with Crippen LogP contribution < -0.4 is 10.6 Å². The van der Waals surface area contributed by atoms with Crippen LogP contribution >= 0.6 is 0 Å². The van der Waals surface area contributed by atoms with E-state index >= 15 is 0 Å². The number of piperidine rings is 1. The smallest absolute Gasteiger partial charge is 0.407 e. The molecular formula is C15H24N4O2. The van der Waals surface area contributed by atoms with Crippen molar-refractivity contribution < 1.29 is 9.90 Å². The second-order valence-electron chi connectivity index (χ2n) is 6.48. The van der Waals surface area contributed by atoms with Gasteiger partial charge in [-0.1, -0.05) is 0 Å². The first kappa shape index (κ1) is 15.4. The molecule has 0 saturated carbocycles. The van der Waals surface area contributed by atoms with Gasteiger partial charge in [-0.25, -0.2) is 4.79 Å². The molecule has 1 aliphatic heterocycles. The molecule has 0 spiro atoms. The predicted octanol–water partition coefficient (Wildman–Crippen LogP) is 2.41. The van der Waals surface area contributed by atoms with Crippen LogP contribution in [0.1, 0.15) is 33.6 Å². The van der Waals surface area contributed by atoms with Crippen LogP contribution in [0.15, 0.2) is 18.5 Å². The number of carboxylic acid groups (broad SMARTS) is 1. The van der Waals surface area contributed by atoms with E-state index in [2.05, 4.69) is 9.88 Å². The van der Waals surface area contributed by atoms with Crippen molar-refractivity contribution >= 4 is 17.5 Å². The van der Waals surface area contributed by atoms with Crippen LogP contribution in [0.5, 0.6) is 0 Å². The van der Waals surface area contributed by atoms with Gasteiger partial charge in [-0.2, -0.15) is 0 Å². The van der Waals surface area contributed by atoms with Crippen molar-refractivity contribution in [2.24, 2.45) is 0 Å². The summed E-state index contributed by atoms with van der Waals surface area (Å²) in [7, 11) is 0. The van der Waals surface area contributed by atoms with Gasteiger partial charge in [0.05, 0.1) is 17.6 Å². The fourth-order valence-corrected chi connectivity index (χ4v) is 3.04. The number of carbonyl (C=O) groups is 1. The standard InChI is InChI=1S/C15H24N4O2/c1-15(2,3)19(14(20)21)11-5-8-18(9-6-11)13-4-7-17-10-12(13)16/h4,7,10-11H,5-6,8-9,16H2,1-3H3,(H,20,21). The molecule has 0 bridgehead atoms. The first-order chi connectivity index (χ1) is 9.80. The minimum Gasteiger partial charge on any atom is -0.465 e. The average molecular weight is 292 g/mol. The fourth-order valence-electron chi connectivity index (χ4n) is 3.04. The molecule has 1 amide bonds. The molecule has 0 aliphatic carbocycles. The van der Waals surface area contributed by atoms with E-state index in [4.69, 9.17) is 5.73 Å². The highest BCUT2D eigenvalue weighted by atomic mass is 16.4. The Morgan fingerprint density at radius 3 is 2.52 bits per heavy atom.